The topological polar surface area (TPSA) is 57.6 Å². The molecule has 19 heavy (non-hydrogen) atoms. The fourth-order valence-corrected chi connectivity index (χ4v) is 3.33. The summed E-state index contributed by atoms with van der Waals surface area (Å²) in [6.07, 6.45) is 2.40. The van der Waals surface area contributed by atoms with Crippen LogP contribution in [0.25, 0.3) is 0 Å². The van der Waals surface area contributed by atoms with Gasteiger partial charge in [0, 0.05) is 18.0 Å². The van der Waals surface area contributed by atoms with E-state index in [1.807, 2.05) is 24.4 Å². The molecule has 0 bridgehead atoms. The first-order valence-corrected chi connectivity index (χ1v) is 7.49. The summed E-state index contributed by atoms with van der Waals surface area (Å²) < 4.78 is 0. The largest absolute Gasteiger partial charge is 0.481 e. The lowest BCUT2D eigenvalue weighted by Crippen LogP contribution is -2.50. The maximum absolute atomic E-state index is 12.2. The van der Waals surface area contributed by atoms with Crippen molar-refractivity contribution in [3.8, 4) is 0 Å². The summed E-state index contributed by atoms with van der Waals surface area (Å²) >= 11 is 1.56. The van der Waals surface area contributed by atoms with E-state index in [1.165, 1.54) is 0 Å². The number of carboxylic acids is 1. The van der Waals surface area contributed by atoms with E-state index in [0.29, 0.717) is 32.4 Å². The zero-order valence-electron chi connectivity index (χ0n) is 11.1. The van der Waals surface area contributed by atoms with Gasteiger partial charge in [-0.15, -0.1) is 11.3 Å². The smallest absolute Gasteiger partial charge is 0.311 e. The van der Waals surface area contributed by atoms with E-state index < -0.39 is 11.4 Å². The molecule has 1 saturated heterocycles. The highest BCUT2D eigenvalue weighted by Crippen LogP contribution is 2.34. The lowest BCUT2D eigenvalue weighted by Gasteiger charge is -2.39. The minimum atomic E-state index is -0.774. The number of carboxylic acid groups (broad SMARTS) is 1. The van der Waals surface area contributed by atoms with Crippen molar-refractivity contribution in [3.05, 3.63) is 22.4 Å². The van der Waals surface area contributed by atoms with E-state index in [9.17, 15) is 14.7 Å². The summed E-state index contributed by atoms with van der Waals surface area (Å²) in [7, 11) is 0. The average Bonchev–Trinajstić information content (AvgIpc) is 2.91. The van der Waals surface area contributed by atoms with Gasteiger partial charge in [0.25, 0.3) is 0 Å². The molecular formula is C14H19NO3S. The molecule has 1 aliphatic rings. The number of likely N-dealkylation sites (tertiary alicyclic amines) is 1. The van der Waals surface area contributed by atoms with E-state index in [-0.39, 0.29) is 5.91 Å². The highest BCUT2D eigenvalue weighted by molar-refractivity contribution is 7.10. The SMILES string of the molecule is CCC1(C(=O)O)CCCN(C(=O)Cc2cccs2)C1. The van der Waals surface area contributed by atoms with Crippen LogP contribution >= 0.6 is 11.3 Å². The number of nitrogens with zero attached hydrogens (tertiary/aromatic N) is 1. The predicted molar refractivity (Wildman–Crippen MR) is 74.2 cm³/mol. The Balaban J connectivity index is 2.04. The number of carbonyl (C=O) groups is 2. The van der Waals surface area contributed by atoms with E-state index in [0.717, 1.165) is 11.3 Å². The molecule has 2 rings (SSSR count). The van der Waals surface area contributed by atoms with Crippen LogP contribution in [0.15, 0.2) is 17.5 Å². The highest BCUT2D eigenvalue weighted by atomic mass is 32.1. The molecule has 1 amide bonds. The first-order valence-electron chi connectivity index (χ1n) is 6.61. The van der Waals surface area contributed by atoms with Crippen molar-refractivity contribution in [2.75, 3.05) is 13.1 Å². The van der Waals surface area contributed by atoms with Gasteiger partial charge in [-0.05, 0) is 30.7 Å². The molecule has 0 aromatic carbocycles. The zero-order valence-corrected chi connectivity index (χ0v) is 11.9. The molecule has 104 valence electrons. The van der Waals surface area contributed by atoms with Gasteiger partial charge in [-0.1, -0.05) is 13.0 Å². The second kappa shape index (κ2) is 5.74. The van der Waals surface area contributed by atoms with Gasteiger partial charge in [-0.2, -0.15) is 0 Å². The second-order valence-electron chi connectivity index (χ2n) is 5.11. The van der Waals surface area contributed by atoms with Gasteiger partial charge in [-0.3, -0.25) is 9.59 Å². The van der Waals surface area contributed by atoms with Crippen molar-refractivity contribution < 1.29 is 14.7 Å². The Hall–Kier alpha value is -1.36. The van der Waals surface area contributed by atoms with Crippen LogP contribution in [-0.2, 0) is 16.0 Å². The van der Waals surface area contributed by atoms with Gasteiger partial charge < -0.3 is 10.0 Å². The van der Waals surface area contributed by atoms with Crippen LogP contribution in [0.1, 0.15) is 31.1 Å². The summed E-state index contributed by atoms with van der Waals surface area (Å²) in [6, 6.07) is 3.87. The number of piperidine rings is 1. The van der Waals surface area contributed by atoms with E-state index in [1.54, 1.807) is 16.2 Å². The standard InChI is InChI=1S/C14H19NO3S/c1-2-14(13(17)18)6-4-7-15(10-14)12(16)9-11-5-3-8-19-11/h3,5,8H,2,4,6-7,9-10H2,1H3,(H,17,18). The number of amides is 1. The molecule has 1 fully saturated rings. The second-order valence-corrected chi connectivity index (χ2v) is 6.15. The molecule has 1 aliphatic heterocycles. The summed E-state index contributed by atoms with van der Waals surface area (Å²) in [6.45, 7) is 2.92. The maximum atomic E-state index is 12.2. The zero-order chi connectivity index (χ0) is 13.9. The van der Waals surface area contributed by atoms with Gasteiger partial charge in [0.05, 0.1) is 11.8 Å². The lowest BCUT2D eigenvalue weighted by atomic mass is 9.77. The van der Waals surface area contributed by atoms with Gasteiger partial charge in [0.1, 0.15) is 0 Å². The number of hydrogen-bond acceptors (Lipinski definition) is 3. The Morgan fingerprint density at radius 3 is 2.89 bits per heavy atom. The summed E-state index contributed by atoms with van der Waals surface area (Å²) in [5.74, 6) is -0.732. The van der Waals surface area contributed by atoms with E-state index in [2.05, 4.69) is 0 Å². The van der Waals surface area contributed by atoms with Crippen LogP contribution in [0.5, 0.6) is 0 Å². The molecule has 1 N–H and O–H groups in total. The van der Waals surface area contributed by atoms with Crippen molar-refractivity contribution in [1.82, 2.24) is 4.90 Å². The third-order valence-electron chi connectivity index (χ3n) is 3.97. The molecule has 0 radical (unpaired) electrons. The van der Waals surface area contributed by atoms with Crippen LogP contribution in [0.3, 0.4) is 0 Å². The minimum absolute atomic E-state index is 0.0428. The minimum Gasteiger partial charge on any atom is -0.481 e. The molecule has 1 aromatic heterocycles. The Bertz CT molecular complexity index is 457. The summed E-state index contributed by atoms with van der Waals surface area (Å²) in [5, 5.41) is 11.4. The first kappa shape index (κ1) is 14.1. The Kier molecular flexibility index (Phi) is 4.24. The molecule has 2 heterocycles. The Morgan fingerprint density at radius 1 is 1.53 bits per heavy atom. The third kappa shape index (κ3) is 2.97. The van der Waals surface area contributed by atoms with Crippen molar-refractivity contribution >= 4 is 23.2 Å². The number of hydrogen-bond donors (Lipinski definition) is 1. The van der Waals surface area contributed by atoms with Crippen molar-refractivity contribution in [2.45, 2.75) is 32.6 Å². The van der Waals surface area contributed by atoms with E-state index in [4.69, 9.17) is 0 Å². The Labute approximate surface area is 117 Å². The highest BCUT2D eigenvalue weighted by Gasteiger charge is 2.41. The molecule has 0 spiro atoms. The van der Waals surface area contributed by atoms with E-state index >= 15 is 0 Å². The van der Waals surface area contributed by atoms with Crippen LogP contribution in [-0.4, -0.2) is 35.0 Å². The molecule has 0 saturated carbocycles. The number of thiophene rings is 1. The summed E-state index contributed by atoms with van der Waals surface area (Å²) in [5.41, 5.74) is -0.747. The van der Waals surface area contributed by atoms with Gasteiger partial charge in [-0.25, -0.2) is 0 Å². The van der Waals surface area contributed by atoms with Gasteiger partial charge >= 0.3 is 5.97 Å². The average molecular weight is 281 g/mol. The third-order valence-corrected chi connectivity index (χ3v) is 4.84. The number of aliphatic carboxylic acids is 1. The van der Waals surface area contributed by atoms with Gasteiger partial charge in [0.15, 0.2) is 0 Å². The van der Waals surface area contributed by atoms with Gasteiger partial charge in [0.2, 0.25) is 5.91 Å². The quantitative estimate of drug-likeness (QED) is 0.922. The molecule has 1 aromatic rings. The molecule has 1 unspecified atom stereocenters. The number of carbonyl (C=O) groups excluding carboxylic acids is 1. The maximum Gasteiger partial charge on any atom is 0.311 e. The normalized spacial score (nSPS) is 23.3. The summed E-state index contributed by atoms with van der Waals surface area (Å²) in [4.78, 5) is 26.4. The van der Waals surface area contributed by atoms with Crippen LogP contribution in [0.4, 0.5) is 0 Å². The first-order chi connectivity index (χ1) is 9.07. The van der Waals surface area contributed by atoms with Crippen LogP contribution in [0.2, 0.25) is 0 Å². The molecule has 0 aliphatic carbocycles. The Morgan fingerprint density at radius 2 is 2.32 bits per heavy atom. The van der Waals surface area contributed by atoms with Crippen LogP contribution in [0, 0.1) is 5.41 Å². The fourth-order valence-electron chi connectivity index (χ4n) is 2.63. The number of rotatable bonds is 4. The fraction of sp³-hybridized carbons (Fsp3) is 0.571. The monoisotopic (exact) mass is 281 g/mol. The molecule has 5 heteroatoms. The molecular weight excluding hydrogens is 262 g/mol. The van der Waals surface area contributed by atoms with Crippen LogP contribution < -0.4 is 0 Å². The molecule has 1 atom stereocenters. The lowest BCUT2D eigenvalue weighted by molar-refractivity contribution is -0.155. The van der Waals surface area contributed by atoms with Crippen molar-refractivity contribution in [3.63, 3.8) is 0 Å². The van der Waals surface area contributed by atoms with Crippen molar-refractivity contribution in [2.24, 2.45) is 5.41 Å². The van der Waals surface area contributed by atoms with Crippen molar-refractivity contribution in [1.29, 1.82) is 0 Å². The predicted octanol–water partition coefficient (Wildman–Crippen LogP) is 2.39. The molecule has 4 nitrogen and oxygen atoms in total.